The van der Waals surface area contributed by atoms with Crippen molar-refractivity contribution in [2.75, 3.05) is 5.32 Å². The summed E-state index contributed by atoms with van der Waals surface area (Å²) in [5.41, 5.74) is 1.77. The molecule has 0 saturated heterocycles. The van der Waals surface area contributed by atoms with E-state index >= 15 is 0 Å². The number of amides is 1. The van der Waals surface area contributed by atoms with Crippen LogP contribution in [0.5, 0.6) is 0 Å². The summed E-state index contributed by atoms with van der Waals surface area (Å²) in [7, 11) is -3.19. The Balaban J connectivity index is 1.39. The Morgan fingerprint density at radius 3 is 2.24 bits per heavy atom. The van der Waals surface area contributed by atoms with Crippen molar-refractivity contribution < 1.29 is 13.2 Å². The minimum atomic E-state index is -3.19. The molecule has 5 aliphatic rings. The summed E-state index contributed by atoms with van der Waals surface area (Å²) in [5, 5.41) is 7.76. The van der Waals surface area contributed by atoms with Gasteiger partial charge in [-0.3, -0.25) is 4.79 Å². The lowest BCUT2D eigenvalue weighted by atomic mass is 9.49. The van der Waals surface area contributed by atoms with Crippen LogP contribution >= 0.6 is 0 Å². The van der Waals surface area contributed by atoms with Gasteiger partial charge in [-0.05, 0) is 68.4 Å². The minimum absolute atomic E-state index is 0.0499. The van der Waals surface area contributed by atoms with Gasteiger partial charge in [-0.1, -0.05) is 18.2 Å². The Hall–Kier alpha value is -2.15. The fourth-order valence-electron chi connectivity index (χ4n) is 6.76. The molecule has 4 bridgehead atoms. The Kier molecular flexibility index (Phi) is 3.62. The third-order valence-corrected chi connectivity index (χ3v) is 8.98. The summed E-state index contributed by atoms with van der Waals surface area (Å²) in [4.78, 5) is 13.6. The van der Waals surface area contributed by atoms with Crippen LogP contribution in [0.25, 0.3) is 5.69 Å². The van der Waals surface area contributed by atoms with Crippen LogP contribution in [0, 0.1) is 23.2 Å². The maximum absolute atomic E-state index is 13.6. The number of carbonyl (C=O) groups excluding carboxylic acids is 1. The third kappa shape index (κ3) is 2.77. The summed E-state index contributed by atoms with van der Waals surface area (Å²) in [6.07, 6.45) is 6.77. The van der Waals surface area contributed by atoms with Gasteiger partial charge in [0.1, 0.15) is 5.82 Å². The van der Waals surface area contributed by atoms with Crippen LogP contribution in [0.4, 0.5) is 5.82 Å². The summed E-state index contributed by atoms with van der Waals surface area (Å²) in [6, 6.07) is 9.63. The van der Waals surface area contributed by atoms with Gasteiger partial charge in [0.25, 0.3) is 0 Å². The lowest BCUT2D eigenvalue weighted by Gasteiger charge is -2.55. The smallest absolute Gasteiger partial charge is 0.231 e. The first-order valence-electron chi connectivity index (χ1n) is 10.6. The van der Waals surface area contributed by atoms with Crippen molar-refractivity contribution >= 4 is 21.6 Å². The van der Waals surface area contributed by atoms with Crippen LogP contribution in [-0.4, -0.2) is 24.1 Å². The molecule has 7 rings (SSSR count). The van der Waals surface area contributed by atoms with E-state index in [-0.39, 0.29) is 22.8 Å². The summed E-state index contributed by atoms with van der Waals surface area (Å²) < 4.78 is 26.1. The van der Waals surface area contributed by atoms with Crippen LogP contribution < -0.4 is 5.32 Å². The zero-order valence-corrected chi connectivity index (χ0v) is 17.1. The molecule has 1 aromatic carbocycles. The van der Waals surface area contributed by atoms with Crippen molar-refractivity contribution in [2.45, 2.75) is 50.0 Å². The molecule has 1 N–H and O–H groups in total. The molecule has 2 aromatic rings. The van der Waals surface area contributed by atoms with E-state index in [1.165, 1.54) is 19.3 Å². The number of anilines is 1. The molecule has 1 amide bonds. The highest BCUT2D eigenvalue weighted by molar-refractivity contribution is 7.90. The zero-order valence-electron chi connectivity index (χ0n) is 16.3. The third-order valence-electron chi connectivity index (χ3n) is 7.54. The molecule has 4 aliphatic carbocycles. The number of carbonyl (C=O) groups is 1. The standard InChI is InChI=1S/C22H25N3O3S/c26-21(22-9-14-6-15(10-22)8-16(7-14)11-22)23-20-18-12-29(27,28)13-19(18)24-25(20)17-4-2-1-3-5-17/h1-5,14-16H,6-13H2,(H,23,26). The van der Waals surface area contributed by atoms with E-state index in [2.05, 4.69) is 10.4 Å². The first-order chi connectivity index (χ1) is 13.9. The van der Waals surface area contributed by atoms with Gasteiger partial charge in [-0.25, -0.2) is 13.1 Å². The van der Waals surface area contributed by atoms with Crippen LogP contribution in [0.15, 0.2) is 30.3 Å². The van der Waals surface area contributed by atoms with Crippen molar-refractivity contribution in [3.8, 4) is 5.69 Å². The monoisotopic (exact) mass is 411 g/mol. The van der Waals surface area contributed by atoms with E-state index < -0.39 is 9.84 Å². The Morgan fingerprint density at radius 1 is 1.00 bits per heavy atom. The molecule has 1 aliphatic heterocycles. The predicted molar refractivity (Wildman–Crippen MR) is 109 cm³/mol. The summed E-state index contributed by atoms with van der Waals surface area (Å²) in [5.74, 6) is 2.55. The molecule has 7 heteroatoms. The number of fused-ring (bicyclic) bond motifs is 1. The zero-order chi connectivity index (χ0) is 19.8. The van der Waals surface area contributed by atoms with Crippen molar-refractivity contribution in [1.82, 2.24) is 9.78 Å². The highest BCUT2D eigenvalue weighted by atomic mass is 32.2. The quantitative estimate of drug-likeness (QED) is 0.839. The first-order valence-corrected chi connectivity index (χ1v) is 12.4. The van der Waals surface area contributed by atoms with Gasteiger partial charge < -0.3 is 5.32 Å². The van der Waals surface area contributed by atoms with E-state index in [9.17, 15) is 13.2 Å². The number of aromatic nitrogens is 2. The highest BCUT2D eigenvalue weighted by Crippen LogP contribution is 2.60. The van der Waals surface area contributed by atoms with Gasteiger partial charge in [0.15, 0.2) is 9.84 Å². The SMILES string of the molecule is O=C(Nc1c2c(nn1-c1ccccc1)CS(=O)(=O)C2)C12CC3CC(CC(C3)C1)C2. The second-order valence-corrected chi connectivity index (χ2v) is 11.8. The van der Waals surface area contributed by atoms with Crippen molar-refractivity contribution in [3.63, 3.8) is 0 Å². The fourth-order valence-corrected chi connectivity index (χ4v) is 8.25. The molecule has 1 aromatic heterocycles. The Labute approximate surface area is 170 Å². The minimum Gasteiger partial charge on any atom is -0.310 e. The van der Waals surface area contributed by atoms with Gasteiger partial charge in [-0.15, -0.1) is 0 Å². The number of hydrogen-bond acceptors (Lipinski definition) is 4. The van der Waals surface area contributed by atoms with Gasteiger partial charge in [0.05, 0.1) is 28.3 Å². The molecule has 0 atom stereocenters. The molecule has 0 radical (unpaired) electrons. The van der Waals surface area contributed by atoms with Gasteiger partial charge in [0, 0.05) is 5.56 Å². The number of benzene rings is 1. The summed E-state index contributed by atoms with van der Waals surface area (Å²) in [6.45, 7) is 0. The van der Waals surface area contributed by atoms with E-state index in [1.54, 1.807) is 4.68 Å². The predicted octanol–water partition coefficient (Wildman–Crippen LogP) is 3.46. The second-order valence-electron chi connectivity index (χ2n) is 9.71. The maximum Gasteiger partial charge on any atom is 0.231 e. The second kappa shape index (κ2) is 5.94. The lowest BCUT2D eigenvalue weighted by molar-refractivity contribution is -0.140. The Morgan fingerprint density at radius 2 is 1.62 bits per heavy atom. The Bertz CT molecular complexity index is 1070. The fraction of sp³-hybridized carbons (Fsp3) is 0.545. The summed E-state index contributed by atoms with van der Waals surface area (Å²) >= 11 is 0. The average Bonchev–Trinajstić information content (AvgIpc) is 3.14. The van der Waals surface area contributed by atoms with E-state index in [0.29, 0.717) is 34.8 Å². The molecule has 152 valence electrons. The number of para-hydroxylation sites is 1. The number of sulfone groups is 1. The molecular weight excluding hydrogens is 386 g/mol. The normalized spacial score (nSPS) is 33.6. The maximum atomic E-state index is 13.6. The van der Waals surface area contributed by atoms with Gasteiger partial charge >= 0.3 is 0 Å². The number of rotatable bonds is 3. The lowest BCUT2D eigenvalue weighted by Crippen LogP contribution is -2.52. The van der Waals surface area contributed by atoms with E-state index in [4.69, 9.17) is 0 Å². The largest absolute Gasteiger partial charge is 0.310 e. The van der Waals surface area contributed by atoms with Crippen LogP contribution in [0.2, 0.25) is 0 Å². The van der Waals surface area contributed by atoms with Gasteiger partial charge in [-0.2, -0.15) is 5.10 Å². The molecule has 2 heterocycles. The van der Waals surface area contributed by atoms with Crippen LogP contribution in [-0.2, 0) is 26.1 Å². The molecule has 0 spiro atoms. The molecule has 4 fully saturated rings. The molecule has 4 saturated carbocycles. The number of hydrogen-bond donors (Lipinski definition) is 1. The van der Waals surface area contributed by atoms with Crippen molar-refractivity contribution in [1.29, 1.82) is 0 Å². The molecule has 29 heavy (non-hydrogen) atoms. The molecule has 6 nitrogen and oxygen atoms in total. The van der Waals surface area contributed by atoms with E-state index in [1.807, 2.05) is 30.3 Å². The number of nitrogens with one attached hydrogen (secondary N) is 1. The molecular formula is C22H25N3O3S. The van der Waals surface area contributed by atoms with E-state index in [0.717, 1.165) is 24.9 Å². The topological polar surface area (TPSA) is 81.1 Å². The average molecular weight is 412 g/mol. The van der Waals surface area contributed by atoms with Crippen molar-refractivity contribution in [3.05, 3.63) is 41.6 Å². The first kappa shape index (κ1) is 17.7. The number of nitrogens with zero attached hydrogens (tertiary/aromatic N) is 2. The van der Waals surface area contributed by atoms with Crippen LogP contribution in [0.3, 0.4) is 0 Å². The van der Waals surface area contributed by atoms with Gasteiger partial charge in [0.2, 0.25) is 5.91 Å². The van der Waals surface area contributed by atoms with Crippen LogP contribution in [0.1, 0.15) is 49.8 Å². The van der Waals surface area contributed by atoms with Crippen molar-refractivity contribution in [2.24, 2.45) is 23.2 Å². The highest BCUT2D eigenvalue weighted by Gasteiger charge is 2.55. The molecule has 0 unspecified atom stereocenters.